The second-order valence-electron chi connectivity index (χ2n) is 18.5. The molecule has 0 aliphatic carbocycles. The summed E-state index contributed by atoms with van der Waals surface area (Å²) in [6.45, 7) is 6.48. The number of rotatable bonds is 50. The van der Waals surface area contributed by atoms with E-state index < -0.39 is 6.10 Å². The number of unbranched alkanes of at least 4 members (excludes halogenated alkanes) is 25. The lowest BCUT2D eigenvalue weighted by Gasteiger charge is -2.18. The molecule has 0 bridgehead atoms. The highest BCUT2D eigenvalue weighted by molar-refractivity contribution is 5.71. The molecular formula is C61H104O6. The number of hydrogen-bond acceptors (Lipinski definition) is 6. The van der Waals surface area contributed by atoms with Gasteiger partial charge in [0.2, 0.25) is 0 Å². The van der Waals surface area contributed by atoms with Gasteiger partial charge in [0.1, 0.15) is 13.2 Å². The van der Waals surface area contributed by atoms with Crippen molar-refractivity contribution in [2.24, 2.45) is 0 Å². The second-order valence-corrected chi connectivity index (χ2v) is 18.5. The van der Waals surface area contributed by atoms with Crippen LogP contribution in [0.3, 0.4) is 0 Å². The predicted molar refractivity (Wildman–Crippen MR) is 288 cm³/mol. The van der Waals surface area contributed by atoms with Gasteiger partial charge >= 0.3 is 17.9 Å². The summed E-state index contributed by atoms with van der Waals surface area (Å²) in [4.78, 5) is 38.1. The monoisotopic (exact) mass is 933 g/mol. The van der Waals surface area contributed by atoms with Crippen molar-refractivity contribution in [1.29, 1.82) is 0 Å². The SMILES string of the molecule is CC/C=C\C/C=C\C/C=C\C/C=C\CCCCCCCCC(=O)OCC(COC(=O)CCCCCCCCCCCCC)OC(=O)CCCCCCCC/C=C\C/C=C\C/C=C\CCCCC. The van der Waals surface area contributed by atoms with Crippen molar-refractivity contribution in [2.45, 2.75) is 271 Å². The average Bonchev–Trinajstić information content (AvgIpc) is 3.33. The van der Waals surface area contributed by atoms with E-state index in [9.17, 15) is 14.4 Å². The Kier molecular flexibility index (Phi) is 52.4. The van der Waals surface area contributed by atoms with E-state index in [1.165, 1.54) is 109 Å². The van der Waals surface area contributed by atoms with Crippen LogP contribution in [-0.2, 0) is 28.6 Å². The summed E-state index contributed by atoms with van der Waals surface area (Å²) in [5, 5.41) is 0. The van der Waals surface area contributed by atoms with Crippen LogP contribution in [0.15, 0.2) is 85.1 Å². The summed E-state index contributed by atoms with van der Waals surface area (Å²) in [7, 11) is 0. The summed E-state index contributed by atoms with van der Waals surface area (Å²) in [5.41, 5.74) is 0. The zero-order chi connectivity index (χ0) is 48.6. The Labute approximate surface area is 414 Å². The van der Waals surface area contributed by atoms with Crippen molar-refractivity contribution in [1.82, 2.24) is 0 Å². The van der Waals surface area contributed by atoms with Crippen LogP contribution in [0, 0.1) is 0 Å². The topological polar surface area (TPSA) is 78.9 Å². The molecule has 1 atom stereocenters. The first kappa shape index (κ1) is 63.6. The number of ether oxygens (including phenoxy) is 3. The fourth-order valence-electron chi connectivity index (χ4n) is 7.68. The van der Waals surface area contributed by atoms with E-state index in [-0.39, 0.29) is 31.1 Å². The molecule has 0 radical (unpaired) electrons. The molecule has 0 fully saturated rings. The van der Waals surface area contributed by atoms with Gasteiger partial charge in [0.15, 0.2) is 6.10 Å². The standard InChI is InChI=1S/C61H104O6/c1-4-7-10-13-16-19-22-24-26-28-30-32-34-36-39-42-45-48-51-54-60(63)66-57-58(56-65-59(62)53-50-47-44-41-38-21-18-15-12-9-6-3)67-61(64)55-52-49-46-43-40-37-35-33-31-29-27-25-23-20-17-14-11-8-5-2/h7,10,16-17,19-20,24-27,30-33,58H,4-6,8-9,11-15,18,21-23,28-29,34-57H2,1-3H3/b10-7-,19-16-,20-17-,26-24-,27-25-,32-30-,33-31-. The van der Waals surface area contributed by atoms with Crippen molar-refractivity contribution < 1.29 is 28.6 Å². The predicted octanol–water partition coefficient (Wildman–Crippen LogP) is 18.8. The summed E-state index contributed by atoms with van der Waals surface area (Å²) in [6, 6.07) is 0. The first-order valence-corrected chi connectivity index (χ1v) is 28.1. The van der Waals surface area contributed by atoms with Gasteiger partial charge in [0.25, 0.3) is 0 Å². The van der Waals surface area contributed by atoms with Gasteiger partial charge in [-0.1, -0.05) is 234 Å². The summed E-state index contributed by atoms with van der Waals surface area (Å²) < 4.78 is 16.8. The first-order chi connectivity index (χ1) is 33.0. The van der Waals surface area contributed by atoms with Crippen molar-refractivity contribution in [3.8, 4) is 0 Å². The smallest absolute Gasteiger partial charge is 0.306 e. The van der Waals surface area contributed by atoms with Gasteiger partial charge in [-0.25, -0.2) is 0 Å². The van der Waals surface area contributed by atoms with Crippen LogP contribution in [0.5, 0.6) is 0 Å². The number of allylic oxidation sites excluding steroid dienone is 14. The minimum absolute atomic E-state index is 0.0852. The van der Waals surface area contributed by atoms with Gasteiger partial charge in [-0.05, 0) is 96.3 Å². The zero-order valence-corrected chi connectivity index (χ0v) is 43.9. The lowest BCUT2D eigenvalue weighted by Crippen LogP contribution is -2.30. The molecule has 0 spiro atoms. The second kappa shape index (κ2) is 55.2. The molecule has 6 nitrogen and oxygen atoms in total. The Morgan fingerprint density at radius 3 is 0.940 bits per heavy atom. The van der Waals surface area contributed by atoms with Gasteiger partial charge in [0, 0.05) is 19.3 Å². The van der Waals surface area contributed by atoms with E-state index in [1.54, 1.807) is 0 Å². The quantitative estimate of drug-likeness (QED) is 0.0262. The van der Waals surface area contributed by atoms with Gasteiger partial charge < -0.3 is 14.2 Å². The molecule has 1 unspecified atom stereocenters. The van der Waals surface area contributed by atoms with Crippen LogP contribution in [0.2, 0.25) is 0 Å². The Bertz CT molecular complexity index is 1300. The van der Waals surface area contributed by atoms with Gasteiger partial charge in [-0.2, -0.15) is 0 Å². The van der Waals surface area contributed by atoms with E-state index in [4.69, 9.17) is 14.2 Å². The van der Waals surface area contributed by atoms with Gasteiger partial charge in [-0.15, -0.1) is 0 Å². The third-order valence-electron chi connectivity index (χ3n) is 11.9. The highest BCUT2D eigenvalue weighted by Crippen LogP contribution is 2.15. The van der Waals surface area contributed by atoms with Crippen molar-refractivity contribution in [2.75, 3.05) is 13.2 Å². The van der Waals surface area contributed by atoms with Crippen LogP contribution in [0.1, 0.15) is 265 Å². The fourth-order valence-corrected chi connectivity index (χ4v) is 7.68. The largest absolute Gasteiger partial charge is 0.462 e. The van der Waals surface area contributed by atoms with E-state index in [0.29, 0.717) is 19.3 Å². The molecule has 6 heteroatoms. The Hall–Kier alpha value is -3.41. The lowest BCUT2D eigenvalue weighted by molar-refractivity contribution is -0.167. The van der Waals surface area contributed by atoms with Crippen LogP contribution in [-0.4, -0.2) is 37.2 Å². The highest BCUT2D eigenvalue weighted by Gasteiger charge is 2.19. The Morgan fingerprint density at radius 1 is 0.313 bits per heavy atom. The molecule has 0 aromatic rings. The summed E-state index contributed by atoms with van der Waals surface area (Å²) >= 11 is 0. The minimum Gasteiger partial charge on any atom is -0.462 e. The van der Waals surface area contributed by atoms with Crippen molar-refractivity contribution in [3.63, 3.8) is 0 Å². The molecule has 0 aromatic carbocycles. The maximum Gasteiger partial charge on any atom is 0.306 e. The van der Waals surface area contributed by atoms with Crippen molar-refractivity contribution >= 4 is 17.9 Å². The molecule has 0 N–H and O–H groups in total. The van der Waals surface area contributed by atoms with Crippen molar-refractivity contribution in [3.05, 3.63) is 85.1 Å². The maximum absolute atomic E-state index is 12.8. The minimum atomic E-state index is -0.788. The highest BCUT2D eigenvalue weighted by atomic mass is 16.6. The van der Waals surface area contributed by atoms with Crippen LogP contribution < -0.4 is 0 Å². The van der Waals surface area contributed by atoms with E-state index >= 15 is 0 Å². The lowest BCUT2D eigenvalue weighted by atomic mass is 10.1. The third kappa shape index (κ3) is 53.4. The first-order valence-electron chi connectivity index (χ1n) is 28.1. The fraction of sp³-hybridized carbons (Fsp3) is 0.721. The molecule has 0 saturated carbocycles. The molecule has 0 aliphatic rings. The molecule has 0 rings (SSSR count). The van der Waals surface area contributed by atoms with Crippen LogP contribution >= 0.6 is 0 Å². The zero-order valence-electron chi connectivity index (χ0n) is 43.9. The third-order valence-corrected chi connectivity index (χ3v) is 11.9. The number of carbonyl (C=O) groups excluding carboxylic acids is 3. The number of carbonyl (C=O) groups is 3. The van der Waals surface area contributed by atoms with Crippen LogP contribution in [0.25, 0.3) is 0 Å². The molecule has 0 saturated heterocycles. The van der Waals surface area contributed by atoms with Crippen LogP contribution in [0.4, 0.5) is 0 Å². The summed E-state index contributed by atoms with van der Waals surface area (Å²) in [5.74, 6) is -0.909. The Morgan fingerprint density at radius 2 is 0.582 bits per heavy atom. The molecule has 0 aromatic heterocycles. The van der Waals surface area contributed by atoms with E-state index in [1.807, 2.05) is 0 Å². The van der Waals surface area contributed by atoms with Gasteiger partial charge in [-0.3, -0.25) is 14.4 Å². The van der Waals surface area contributed by atoms with Gasteiger partial charge in [0.05, 0.1) is 0 Å². The number of hydrogen-bond donors (Lipinski definition) is 0. The normalized spacial score (nSPS) is 12.7. The van der Waals surface area contributed by atoms with E-state index in [0.717, 1.165) is 116 Å². The maximum atomic E-state index is 12.8. The Balaban J connectivity index is 4.40. The molecule has 384 valence electrons. The average molecular weight is 933 g/mol. The number of esters is 3. The molecule has 67 heavy (non-hydrogen) atoms. The molecule has 0 aliphatic heterocycles. The van der Waals surface area contributed by atoms with E-state index in [2.05, 4.69) is 106 Å². The summed E-state index contributed by atoms with van der Waals surface area (Å²) in [6.07, 6.45) is 71.3. The molecule has 0 amide bonds. The molecule has 0 heterocycles. The molecular weight excluding hydrogens is 829 g/mol.